The van der Waals surface area contributed by atoms with E-state index in [2.05, 4.69) is 84.1 Å². The van der Waals surface area contributed by atoms with E-state index in [1.165, 1.54) is 39.8 Å². The Morgan fingerprint density at radius 3 is 2.09 bits per heavy atom. The first-order chi connectivity index (χ1) is 15.1. The van der Waals surface area contributed by atoms with E-state index in [1.54, 1.807) is 0 Å². The molecule has 2 nitrogen and oxygen atoms in total. The highest BCUT2D eigenvalue weighted by atomic mass is 28.2. The minimum absolute atomic E-state index is 0.106. The van der Waals surface area contributed by atoms with E-state index >= 15 is 0 Å². The van der Waals surface area contributed by atoms with Crippen molar-refractivity contribution in [2.75, 3.05) is 0 Å². The van der Waals surface area contributed by atoms with Crippen LogP contribution in [0.1, 0.15) is 102 Å². The average molecular weight is 452 g/mol. The Balaban J connectivity index is 1.91. The van der Waals surface area contributed by atoms with Crippen LogP contribution in [0.25, 0.3) is 0 Å². The van der Waals surface area contributed by atoms with Crippen LogP contribution < -0.4 is 9.16 Å². The maximum Gasteiger partial charge on any atom is 0.341 e. The normalized spacial score (nSPS) is 18.8. The Kier molecular flexibility index (Phi) is 9.88. The number of allylic oxidation sites excluding steroid dienone is 6. The molecule has 175 valence electrons. The van der Waals surface area contributed by atoms with Crippen molar-refractivity contribution in [3.63, 3.8) is 0 Å². The van der Waals surface area contributed by atoms with Crippen molar-refractivity contribution >= 4 is 10.5 Å². The van der Waals surface area contributed by atoms with Gasteiger partial charge in [-0.05, 0) is 123 Å². The summed E-state index contributed by atoms with van der Waals surface area (Å²) in [5.74, 6) is 2.01. The van der Waals surface area contributed by atoms with Crippen molar-refractivity contribution in [1.82, 2.24) is 0 Å². The van der Waals surface area contributed by atoms with Crippen LogP contribution in [-0.2, 0) is 6.42 Å². The van der Waals surface area contributed by atoms with Gasteiger partial charge in [0.05, 0.1) is 0 Å². The second-order valence-electron chi connectivity index (χ2n) is 10.2. The van der Waals surface area contributed by atoms with Crippen LogP contribution in [0.2, 0.25) is 0 Å². The van der Waals surface area contributed by atoms with Crippen molar-refractivity contribution in [2.45, 2.75) is 112 Å². The zero-order valence-electron chi connectivity index (χ0n) is 21.7. The highest BCUT2D eigenvalue weighted by molar-refractivity contribution is 6.00. The maximum absolute atomic E-state index is 6.65. The molecule has 32 heavy (non-hydrogen) atoms. The zero-order chi connectivity index (χ0) is 23.9. The van der Waals surface area contributed by atoms with Gasteiger partial charge in [-0.2, -0.15) is 0 Å². The first-order valence-electron chi connectivity index (χ1n) is 12.2. The molecule has 1 heterocycles. The fraction of sp³-hybridized carbons (Fsp3) is 0.586. The van der Waals surface area contributed by atoms with E-state index in [0.717, 1.165) is 62.0 Å². The molecule has 3 heteroatoms. The largest absolute Gasteiger partial charge is 0.540 e. The lowest BCUT2D eigenvalue weighted by Gasteiger charge is -2.38. The topological polar surface area (TPSA) is 18.5 Å². The average Bonchev–Trinajstić information content (AvgIpc) is 2.72. The minimum atomic E-state index is -0.106. The van der Waals surface area contributed by atoms with Gasteiger partial charge in [-0.3, -0.25) is 0 Å². The summed E-state index contributed by atoms with van der Waals surface area (Å²) < 4.78 is 12.1. The van der Waals surface area contributed by atoms with E-state index < -0.39 is 0 Å². The summed E-state index contributed by atoms with van der Waals surface area (Å²) in [6.07, 6.45) is 16.0. The van der Waals surface area contributed by atoms with Crippen LogP contribution in [0.5, 0.6) is 11.5 Å². The van der Waals surface area contributed by atoms with E-state index in [4.69, 9.17) is 9.16 Å². The van der Waals surface area contributed by atoms with Gasteiger partial charge in [0.25, 0.3) is 0 Å². The molecule has 0 saturated heterocycles. The molecule has 1 aromatic carbocycles. The lowest BCUT2D eigenvalue weighted by Crippen LogP contribution is -2.37. The quantitative estimate of drug-likeness (QED) is 0.263. The molecule has 0 fully saturated rings. The molecule has 1 atom stereocenters. The van der Waals surface area contributed by atoms with E-state index in [-0.39, 0.29) is 5.60 Å². The van der Waals surface area contributed by atoms with Crippen molar-refractivity contribution in [3.8, 4) is 11.5 Å². The van der Waals surface area contributed by atoms with Gasteiger partial charge >= 0.3 is 10.5 Å². The van der Waals surface area contributed by atoms with Gasteiger partial charge in [-0.1, -0.05) is 34.9 Å². The Labute approximate surface area is 200 Å². The summed E-state index contributed by atoms with van der Waals surface area (Å²) >= 11 is 0. The predicted octanol–water partition coefficient (Wildman–Crippen LogP) is 8.36. The molecule has 1 aromatic rings. The molecule has 0 saturated carbocycles. The fourth-order valence-corrected chi connectivity index (χ4v) is 4.88. The van der Waals surface area contributed by atoms with Crippen LogP contribution in [0.15, 0.2) is 34.9 Å². The zero-order valence-corrected chi connectivity index (χ0v) is 22.7. The van der Waals surface area contributed by atoms with Crippen molar-refractivity contribution in [3.05, 3.63) is 57.2 Å². The Bertz CT molecular complexity index is 887. The van der Waals surface area contributed by atoms with E-state index in [1.807, 2.05) is 0 Å². The molecule has 3 radical (unpaired) electrons. The SMILES string of the molecule is CC(C)=CCC/C(C)=C/CC/C(C)=C/CC[C@]1(C)CCc2c(C)c(O[Si])c(C)c(C)c2O1. The number of fused-ring (bicyclic) bond motifs is 1. The second-order valence-corrected chi connectivity index (χ2v) is 10.4. The summed E-state index contributed by atoms with van der Waals surface area (Å²) in [4.78, 5) is 0. The number of hydrogen-bond acceptors (Lipinski definition) is 2. The molecule has 0 bridgehead atoms. The van der Waals surface area contributed by atoms with Gasteiger partial charge in [0.1, 0.15) is 17.1 Å². The summed E-state index contributed by atoms with van der Waals surface area (Å²) in [6, 6.07) is 0. The third-order valence-electron chi connectivity index (χ3n) is 6.95. The highest BCUT2D eigenvalue weighted by Crippen LogP contribution is 2.44. The van der Waals surface area contributed by atoms with Crippen molar-refractivity contribution in [2.24, 2.45) is 0 Å². The molecular weight excluding hydrogens is 408 g/mol. The van der Waals surface area contributed by atoms with Gasteiger partial charge in [-0.15, -0.1) is 0 Å². The molecule has 1 aliphatic heterocycles. The summed E-state index contributed by atoms with van der Waals surface area (Å²) in [5, 5.41) is 0. The summed E-state index contributed by atoms with van der Waals surface area (Å²) in [6.45, 7) is 17.5. The number of rotatable bonds is 10. The number of ether oxygens (including phenoxy) is 1. The molecule has 0 aromatic heterocycles. The van der Waals surface area contributed by atoms with Crippen molar-refractivity contribution < 1.29 is 9.16 Å². The minimum Gasteiger partial charge on any atom is -0.540 e. The Morgan fingerprint density at radius 2 is 1.50 bits per heavy atom. The van der Waals surface area contributed by atoms with Crippen molar-refractivity contribution in [1.29, 1.82) is 0 Å². The summed E-state index contributed by atoms with van der Waals surface area (Å²) in [7, 11) is 3.23. The number of benzene rings is 1. The second kappa shape index (κ2) is 11.9. The van der Waals surface area contributed by atoms with Crippen LogP contribution in [0, 0.1) is 20.8 Å². The highest BCUT2D eigenvalue weighted by Gasteiger charge is 2.34. The van der Waals surface area contributed by atoms with Gasteiger partial charge in [0.15, 0.2) is 0 Å². The van der Waals surface area contributed by atoms with Gasteiger partial charge in [0, 0.05) is 5.56 Å². The van der Waals surface area contributed by atoms with Crippen LogP contribution >= 0.6 is 0 Å². The van der Waals surface area contributed by atoms with Crippen LogP contribution in [-0.4, -0.2) is 16.1 Å². The first-order valence-corrected chi connectivity index (χ1v) is 12.6. The number of hydrogen-bond donors (Lipinski definition) is 0. The standard InChI is InChI=1S/C29H43O2Si/c1-20(2)12-9-13-21(3)14-10-15-22(4)16-11-18-29(8)19-17-26-25(7)27(31-32)23(5)24(6)28(26)30-29/h12,14,16H,9-11,13,15,17-19H2,1-8H3/b21-14+,22-16+/t29-/m1/s1. The molecule has 2 rings (SSSR count). The smallest absolute Gasteiger partial charge is 0.341 e. The van der Waals surface area contributed by atoms with Gasteiger partial charge in [-0.25, -0.2) is 0 Å². The van der Waals surface area contributed by atoms with Crippen LogP contribution in [0.3, 0.4) is 0 Å². The van der Waals surface area contributed by atoms with E-state index in [0.29, 0.717) is 0 Å². The molecule has 1 aliphatic rings. The van der Waals surface area contributed by atoms with Gasteiger partial charge < -0.3 is 9.16 Å². The molecule has 0 spiro atoms. The fourth-order valence-electron chi connectivity index (χ4n) is 4.57. The molecular formula is C29H43O2Si. The maximum atomic E-state index is 6.65. The summed E-state index contributed by atoms with van der Waals surface area (Å²) in [5.41, 5.74) is 9.15. The first kappa shape index (κ1) is 26.5. The molecule has 0 unspecified atom stereocenters. The van der Waals surface area contributed by atoms with Gasteiger partial charge in [0.2, 0.25) is 0 Å². The third kappa shape index (κ3) is 7.13. The Hall–Kier alpha value is -1.74. The van der Waals surface area contributed by atoms with E-state index in [9.17, 15) is 0 Å². The van der Waals surface area contributed by atoms with Crippen LogP contribution in [0.4, 0.5) is 0 Å². The molecule has 0 N–H and O–H groups in total. The lowest BCUT2D eigenvalue weighted by molar-refractivity contribution is 0.0559. The molecule has 0 aliphatic carbocycles. The monoisotopic (exact) mass is 451 g/mol. The predicted molar refractivity (Wildman–Crippen MR) is 139 cm³/mol. The lowest BCUT2D eigenvalue weighted by atomic mass is 9.85. The third-order valence-corrected chi connectivity index (χ3v) is 7.16. The molecule has 0 amide bonds. The Morgan fingerprint density at radius 1 is 0.906 bits per heavy atom.